The lowest BCUT2D eigenvalue weighted by Gasteiger charge is -2.26. The lowest BCUT2D eigenvalue weighted by atomic mass is 9.95. The Kier molecular flexibility index (Phi) is 3.57. The molecule has 94 valence electrons. The lowest BCUT2D eigenvalue weighted by Crippen LogP contribution is -2.36. The van der Waals surface area contributed by atoms with Crippen molar-refractivity contribution in [2.45, 2.75) is 39.3 Å². The molecular weight excluding hydrogens is 200 g/mol. The summed E-state index contributed by atoms with van der Waals surface area (Å²) in [6.45, 7) is 14.4. The van der Waals surface area contributed by atoms with Crippen molar-refractivity contribution in [3.63, 3.8) is 0 Å². The van der Waals surface area contributed by atoms with E-state index in [2.05, 4.69) is 37.9 Å². The van der Waals surface area contributed by atoms with Crippen molar-refractivity contribution in [3.8, 4) is 0 Å². The van der Waals surface area contributed by atoms with Gasteiger partial charge in [-0.15, -0.1) is 0 Å². The standard InChI is InChI=1S/C13H26N2O/c1-10-12-8-14-7-11(12)9-15(10)5-6-16-13(2,3)4/h10-12,14H,5-9H2,1-4H3. The average Bonchev–Trinajstić information content (AvgIpc) is 2.69. The van der Waals surface area contributed by atoms with E-state index in [9.17, 15) is 0 Å². The minimum absolute atomic E-state index is 0.000386. The summed E-state index contributed by atoms with van der Waals surface area (Å²) >= 11 is 0. The Bertz CT molecular complexity index is 237. The number of fused-ring (bicyclic) bond motifs is 1. The van der Waals surface area contributed by atoms with Crippen molar-refractivity contribution in [1.29, 1.82) is 0 Å². The minimum Gasteiger partial charge on any atom is -0.375 e. The number of ether oxygens (including phenoxy) is 1. The van der Waals surface area contributed by atoms with E-state index in [0.29, 0.717) is 0 Å². The number of nitrogens with one attached hydrogen (secondary N) is 1. The highest BCUT2D eigenvalue weighted by Gasteiger charge is 2.41. The molecule has 0 spiro atoms. The molecule has 2 saturated heterocycles. The van der Waals surface area contributed by atoms with Crippen LogP contribution in [0.3, 0.4) is 0 Å². The molecule has 0 bridgehead atoms. The van der Waals surface area contributed by atoms with Gasteiger partial charge in [0, 0.05) is 19.1 Å². The molecule has 0 saturated carbocycles. The van der Waals surface area contributed by atoms with Gasteiger partial charge in [0.15, 0.2) is 0 Å². The normalized spacial score (nSPS) is 35.6. The van der Waals surface area contributed by atoms with Crippen LogP contribution in [0.4, 0.5) is 0 Å². The largest absolute Gasteiger partial charge is 0.375 e. The molecule has 0 aromatic rings. The molecule has 3 atom stereocenters. The van der Waals surface area contributed by atoms with Crippen LogP contribution in [0.25, 0.3) is 0 Å². The fourth-order valence-corrected chi connectivity index (χ4v) is 3.02. The summed E-state index contributed by atoms with van der Waals surface area (Å²) < 4.78 is 5.80. The number of hydrogen-bond donors (Lipinski definition) is 1. The van der Waals surface area contributed by atoms with Gasteiger partial charge >= 0.3 is 0 Å². The van der Waals surface area contributed by atoms with Crippen LogP contribution in [-0.2, 0) is 4.74 Å². The Labute approximate surface area is 99.5 Å². The topological polar surface area (TPSA) is 24.5 Å². The summed E-state index contributed by atoms with van der Waals surface area (Å²) in [6, 6.07) is 0.726. The van der Waals surface area contributed by atoms with Gasteiger partial charge in [0.05, 0.1) is 12.2 Å². The van der Waals surface area contributed by atoms with Crippen molar-refractivity contribution < 1.29 is 4.74 Å². The Balaban J connectivity index is 1.75. The van der Waals surface area contributed by atoms with Crippen LogP contribution in [0.2, 0.25) is 0 Å². The van der Waals surface area contributed by atoms with Crippen molar-refractivity contribution in [1.82, 2.24) is 10.2 Å². The van der Waals surface area contributed by atoms with Crippen molar-refractivity contribution >= 4 is 0 Å². The summed E-state index contributed by atoms with van der Waals surface area (Å²) in [5.74, 6) is 1.75. The number of rotatable bonds is 3. The van der Waals surface area contributed by atoms with E-state index in [-0.39, 0.29) is 5.60 Å². The fourth-order valence-electron chi connectivity index (χ4n) is 3.02. The molecule has 2 rings (SSSR count). The second kappa shape index (κ2) is 4.63. The average molecular weight is 226 g/mol. The van der Waals surface area contributed by atoms with Gasteiger partial charge < -0.3 is 10.1 Å². The molecular formula is C13H26N2O. The van der Waals surface area contributed by atoms with Gasteiger partial charge in [-0.25, -0.2) is 0 Å². The van der Waals surface area contributed by atoms with E-state index < -0.39 is 0 Å². The van der Waals surface area contributed by atoms with Crippen molar-refractivity contribution in [2.24, 2.45) is 11.8 Å². The maximum atomic E-state index is 5.80. The Morgan fingerprint density at radius 3 is 2.69 bits per heavy atom. The maximum absolute atomic E-state index is 5.80. The van der Waals surface area contributed by atoms with Crippen molar-refractivity contribution in [2.75, 3.05) is 32.8 Å². The molecule has 16 heavy (non-hydrogen) atoms. The van der Waals surface area contributed by atoms with E-state index in [1.165, 1.54) is 19.6 Å². The predicted octanol–water partition coefficient (Wildman–Crippen LogP) is 1.34. The zero-order valence-electron chi connectivity index (χ0n) is 11.1. The van der Waals surface area contributed by atoms with Crippen LogP contribution in [0, 0.1) is 11.8 Å². The summed E-state index contributed by atoms with van der Waals surface area (Å²) in [5, 5.41) is 3.50. The SMILES string of the molecule is CC1C2CNCC2CN1CCOC(C)(C)C. The third kappa shape index (κ3) is 2.76. The highest BCUT2D eigenvalue weighted by atomic mass is 16.5. The molecule has 2 heterocycles. The molecule has 0 aromatic heterocycles. The first-order valence-electron chi connectivity index (χ1n) is 6.56. The molecule has 0 radical (unpaired) electrons. The first kappa shape index (κ1) is 12.3. The molecule has 0 amide bonds. The number of hydrogen-bond acceptors (Lipinski definition) is 3. The molecule has 2 aliphatic heterocycles. The second-order valence-electron chi connectivity index (χ2n) is 6.28. The molecule has 3 nitrogen and oxygen atoms in total. The van der Waals surface area contributed by atoms with Gasteiger partial charge in [-0.2, -0.15) is 0 Å². The quantitative estimate of drug-likeness (QED) is 0.786. The summed E-state index contributed by atoms with van der Waals surface area (Å²) in [6.07, 6.45) is 0. The maximum Gasteiger partial charge on any atom is 0.0600 e. The minimum atomic E-state index is 0.000386. The zero-order valence-corrected chi connectivity index (χ0v) is 11.1. The summed E-state index contributed by atoms with van der Waals surface area (Å²) in [7, 11) is 0. The fraction of sp³-hybridized carbons (Fsp3) is 1.00. The van der Waals surface area contributed by atoms with Gasteiger partial charge in [-0.3, -0.25) is 4.90 Å². The molecule has 0 aromatic carbocycles. The van der Waals surface area contributed by atoms with Crippen LogP contribution >= 0.6 is 0 Å². The summed E-state index contributed by atoms with van der Waals surface area (Å²) in [5.41, 5.74) is 0.000386. The Morgan fingerprint density at radius 2 is 2.06 bits per heavy atom. The molecule has 2 fully saturated rings. The third-order valence-electron chi connectivity index (χ3n) is 3.97. The lowest BCUT2D eigenvalue weighted by molar-refractivity contribution is -0.0147. The van der Waals surface area contributed by atoms with Crippen LogP contribution < -0.4 is 5.32 Å². The van der Waals surface area contributed by atoms with E-state index >= 15 is 0 Å². The van der Waals surface area contributed by atoms with Crippen LogP contribution in [0.15, 0.2) is 0 Å². The Morgan fingerprint density at radius 1 is 1.31 bits per heavy atom. The predicted molar refractivity (Wildman–Crippen MR) is 66.6 cm³/mol. The van der Waals surface area contributed by atoms with E-state index in [1.54, 1.807) is 0 Å². The van der Waals surface area contributed by atoms with Crippen LogP contribution in [0.1, 0.15) is 27.7 Å². The van der Waals surface area contributed by atoms with Crippen LogP contribution in [0.5, 0.6) is 0 Å². The molecule has 0 aliphatic carbocycles. The van der Waals surface area contributed by atoms with Gasteiger partial charge in [-0.1, -0.05) is 0 Å². The summed E-state index contributed by atoms with van der Waals surface area (Å²) in [4.78, 5) is 2.60. The highest BCUT2D eigenvalue weighted by molar-refractivity contribution is 4.96. The first-order chi connectivity index (χ1) is 7.47. The van der Waals surface area contributed by atoms with E-state index in [1.807, 2.05) is 0 Å². The number of nitrogens with zero attached hydrogens (tertiary/aromatic N) is 1. The molecule has 2 aliphatic rings. The zero-order chi connectivity index (χ0) is 11.8. The second-order valence-corrected chi connectivity index (χ2v) is 6.28. The molecule has 3 heteroatoms. The van der Waals surface area contributed by atoms with Crippen molar-refractivity contribution in [3.05, 3.63) is 0 Å². The number of likely N-dealkylation sites (tertiary alicyclic amines) is 1. The van der Waals surface area contributed by atoms with Gasteiger partial charge in [-0.05, 0) is 52.6 Å². The molecule has 3 unspecified atom stereocenters. The van der Waals surface area contributed by atoms with Gasteiger partial charge in [0.25, 0.3) is 0 Å². The van der Waals surface area contributed by atoms with Gasteiger partial charge in [0.2, 0.25) is 0 Å². The highest BCUT2D eigenvalue weighted by Crippen LogP contribution is 2.31. The van der Waals surface area contributed by atoms with E-state index in [0.717, 1.165) is 31.0 Å². The smallest absolute Gasteiger partial charge is 0.0600 e. The molecule has 1 N–H and O–H groups in total. The van der Waals surface area contributed by atoms with Crippen LogP contribution in [-0.4, -0.2) is 49.3 Å². The first-order valence-corrected chi connectivity index (χ1v) is 6.56. The van der Waals surface area contributed by atoms with E-state index in [4.69, 9.17) is 4.74 Å². The monoisotopic (exact) mass is 226 g/mol. The third-order valence-corrected chi connectivity index (χ3v) is 3.97. The Hall–Kier alpha value is -0.120. The van der Waals surface area contributed by atoms with Gasteiger partial charge in [0.1, 0.15) is 0 Å².